The Balaban J connectivity index is 1.83. The van der Waals surface area contributed by atoms with Crippen molar-refractivity contribution in [2.75, 3.05) is 6.54 Å². The van der Waals surface area contributed by atoms with Crippen LogP contribution in [0.25, 0.3) is 0 Å². The molecule has 0 amide bonds. The number of hydrogen-bond donors (Lipinski definition) is 0. The minimum atomic E-state index is 0.240. The van der Waals surface area contributed by atoms with E-state index in [2.05, 4.69) is 43.0 Å². The SMILES string of the molecule is CC(C)N(CCCC(=O)c1ccccc1)Cc1ccccc1. The van der Waals surface area contributed by atoms with Gasteiger partial charge in [0.05, 0.1) is 0 Å². The van der Waals surface area contributed by atoms with E-state index in [1.54, 1.807) is 0 Å². The maximum Gasteiger partial charge on any atom is 0.162 e. The van der Waals surface area contributed by atoms with E-state index < -0.39 is 0 Å². The molecule has 0 saturated carbocycles. The maximum atomic E-state index is 12.1. The van der Waals surface area contributed by atoms with E-state index in [9.17, 15) is 4.79 Å². The highest BCUT2D eigenvalue weighted by Crippen LogP contribution is 2.11. The molecule has 0 N–H and O–H groups in total. The van der Waals surface area contributed by atoms with Gasteiger partial charge in [-0.25, -0.2) is 0 Å². The lowest BCUT2D eigenvalue weighted by atomic mass is 10.1. The van der Waals surface area contributed by atoms with Gasteiger partial charge in [-0.1, -0.05) is 60.7 Å². The van der Waals surface area contributed by atoms with Crippen LogP contribution in [0.5, 0.6) is 0 Å². The molecule has 0 aromatic heterocycles. The zero-order valence-electron chi connectivity index (χ0n) is 13.5. The first-order valence-corrected chi connectivity index (χ1v) is 8.03. The number of carbonyl (C=O) groups is 1. The number of Topliss-reactive ketones (excluding diaryl/α,β-unsaturated/α-hetero) is 1. The topological polar surface area (TPSA) is 20.3 Å². The zero-order valence-corrected chi connectivity index (χ0v) is 13.5. The molecule has 2 rings (SSSR count). The van der Waals surface area contributed by atoms with Crippen molar-refractivity contribution in [2.24, 2.45) is 0 Å². The molecule has 0 fully saturated rings. The number of carbonyl (C=O) groups excluding carboxylic acids is 1. The number of hydrogen-bond acceptors (Lipinski definition) is 2. The molecule has 0 heterocycles. The summed E-state index contributed by atoms with van der Waals surface area (Å²) in [7, 11) is 0. The second-order valence-corrected chi connectivity index (χ2v) is 5.94. The molecule has 116 valence electrons. The summed E-state index contributed by atoms with van der Waals surface area (Å²) in [6.45, 7) is 6.31. The molecule has 2 heteroatoms. The van der Waals surface area contributed by atoms with Gasteiger partial charge in [-0.15, -0.1) is 0 Å². The lowest BCUT2D eigenvalue weighted by Gasteiger charge is -2.26. The highest BCUT2D eigenvalue weighted by Gasteiger charge is 2.11. The van der Waals surface area contributed by atoms with E-state index in [1.807, 2.05) is 36.4 Å². The molecule has 0 saturated heterocycles. The molecule has 0 radical (unpaired) electrons. The van der Waals surface area contributed by atoms with Gasteiger partial charge >= 0.3 is 0 Å². The first-order valence-electron chi connectivity index (χ1n) is 8.03. The van der Waals surface area contributed by atoms with Crippen LogP contribution in [-0.4, -0.2) is 23.3 Å². The summed E-state index contributed by atoms with van der Waals surface area (Å²) in [5.74, 6) is 0.240. The summed E-state index contributed by atoms with van der Waals surface area (Å²) >= 11 is 0. The standard InChI is InChI=1S/C20H25NO/c1-17(2)21(16-18-10-5-3-6-11-18)15-9-14-20(22)19-12-7-4-8-13-19/h3-8,10-13,17H,9,14-16H2,1-2H3. The molecule has 22 heavy (non-hydrogen) atoms. The fourth-order valence-electron chi connectivity index (χ4n) is 2.55. The van der Waals surface area contributed by atoms with Gasteiger partial charge in [0.25, 0.3) is 0 Å². The van der Waals surface area contributed by atoms with E-state index in [4.69, 9.17) is 0 Å². The average molecular weight is 295 g/mol. The Morgan fingerprint density at radius 1 is 0.955 bits per heavy atom. The van der Waals surface area contributed by atoms with Crippen LogP contribution in [0, 0.1) is 0 Å². The molecule has 0 atom stereocenters. The first-order chi connectivity index (χ1) is 10.7. The monoisotopic (exact) mass is 295 g/mol. The van der Waals surface area contributed by atoms with Crippen LogP contribution < -0.4 is 0 Å². The zero-order chi connectivity index (χ0) is 15.8. The second kappa shape index (κ2) is 8.50. The lowest BCUT2D eigenvalue weighted by Crippen LogP contribution is -2.31. The van der Waals surface area contributed by atoms with E-state index in [0.29, 0.717) is 12.5 Å². The van der Waals surface area contributed by atoms with Gasteiger partial charge in [-0.2, -0.15) is 0 Å². The number of benzene rings is 2. The second-order valence-electron chi connectivity index (χ2n) is 5.94. The highest BCUT2D eigenvalue weighted by atomic mass is 16.1. The Bertz CT molecular complexity index is 563. The average Bonchev–Trinajstić information content (AvgIpc) is 2.55. The van der Waals surface area contributed by atoms with Gasteiger partial charge in [-0.05, 0) is 32.4 Å². The quantitative estimate of drug-likeness (QED) is 0.665. The minimum absolute atomic E-state index is 0.240. The largest absolute Gasteiger partial charge is 0.297 e. The fraction of sp³-hybridized carbons (Fsp3) is 0.350. The van der Waals surface area contributed by atoms with Crippen LogP contribution in [-0.2, 0) is 6.54 Å². The third kappa shape index (κ3) is 5.12. The van der Waals surface area contributed by atoms with Gasteiger partial charge in [0.2, 0.25) is 0 Å². The van der Waals surface area contributed by atoms with Crippen molar-refractivity contribution in [3.8, 4) is 0 Å². The molecular formula is C20H25NO. The fourth-order valence-corrected chi connectivity index (χ4v) is 2.55. The Hall–Kier alpha value is -1.93. The van der Waals surface area contributed by atoms with Crippen LogP contribution in [0.4, 0.5) is 0 Å². The molecular weight excluding hydrogens is 270 g/mol. The Morgan fingerprint density at radius 2 is 1.55 bits per heavy atom. The number of rotatable bonds is 8. The predicted molar refractivity (Wildman–Crippen MR) is 92.0 cm³/mol. The van der Waals surface area contributed by atoms with E-state index in [0.717, 1.165) is 25.1 Å². The van der Waals surface area contributed by atoms with Crippen LogP contribution in [0.1, 0.15) is 42.6 Å². The molecule has 0 unspecified atom stereocenters. The van der Waals surface area contributed by atoms with Gasteiger partial charge in [0.1, 0.15) is 0 Å². The third-order valence-electron chi connectivity index (χ3n) is 3.90. The van der Waals surface area contributed by atoms with Crippen molar-refractivity contribution in [1.29, 1.82) is 0 Å². The highest BCUT2D eigenvalue weighted by molar-refractivity contribution is 5.95. The smallest absolute Gasteiger partial charge is 0.162 e. The van der Waals surface area contributed by atoms with Crippen molar-refractivity contribution in [1.82, 2.24) is 4.90 Å². The summed E-state index contributed by atoms with van der Waals surface area (Å²) < 4.78 is 0. The first kappa shape index (κ1) is 16.4. The van der Waals surface area contributed by atoms with Crippen molar-refractivity contribution in [2.45, 2.75) is 39.3 Å². The van der Waals surface area contributed by atoms with Gasteiger partial charge < -0.3 is 0 Å². The van der Waals surface area contributed by atoms with Crippen molar-refractivity contribution >= 4 is 5.78 Å². The maximum absolute atomic E-state index is 12.1. The molecule has 2 aromatic carbocycles. The Morgan fingerprint density at radius 3 is 2.14 bits per heavy atom. The molecule has 2 nitrogen and oxygen atoms in total. The summed E-state index contributed by atoms with van der Waals surface area (Å²) in [6.07, 6.45) is 1.51. The van der Waals surface area contributed by atoms with Gasteiger partial charge in [0, 0.05) is 24.6 Å². The summed E-state index contributed by atoms with van der Waals surface area (Å²) in [4.78, 5) is 14.6. The Kier molecular flexibility index (Phi) is 6.35. The summed E-state index contributed by atoms with van der Waals surface area (Å²) in [6, 6.07) is 20.6. The number of ketones is 1. The third-order valence-corrected chi connectivity index (χ3v) is 3.90. The van der Waals surface area contributed by atoms with Crippen LogP contribution >= 0.6 is 0 Å². The van der Waals surface area contributed by atoms with Crippen molar-refractivity contribution in [3.05, 3.63) is 71.8 Å². The Labute approximate surface area is 133 Å². The molecule has 0 bridgehead atoms. The van der Waals surface area contributed by atoms with Crippen molar-refractivity contribution < 1.29 is 4.79 Å². The van der Waals surface area contributed by atoms with E-state index in [1.165, 1.54) is 5.56 Å². The molecule has 0 aliphatic rings. The van der Waals surface area contributed by atoms with Gasteiger partial charge in [-0.3, -0.25) is 9.69 Å². The molecule has 0 aliphatic heterocycles. The predicted octanol–water partition coefficient (Wildman–Crippen LogP) is 4.56. The summed E-state index contributed by atoms with van der Waals surface area (Å²) in [5, 5.41) is 0. The van der Waals surface area contributed by atoms with Crippen molar-refractivity contribution in [3.63, 3.8) is 0 Å². The minimum Gasteiger partial charge on any atom is -0.297 e. The molecule has 0 aliphatic carbocycles. The van der Waals surface area contributed by atoms with Crippen LogP contribution in [0.15, 0.2) is 60.7 Å². The lowest BCUT2D eigenvalue weighted by molar-refractivity contribution is 0.0970. The van der Waals surface area contributed by atoms with E-state index >= 15 is 0 Å². The normalized spacial score (nSPS) is 11.1. The molecule has 2 aromatic rings. The van der Waals surface area contributed by atoms with Gasteiger partial charge in [0.15, 0.2) is 5.78 Å². The van der Waals surface area contributed by atoms with Crippen LogP contribution in [0.2, 0.25) is 0 Å². The number of nitrogens with zero attached hydrogens (tertiary/aromatic N) is 1. The van der Waals surface area contributed by atoms with Crippen LogP contribution in [0.3, 0.4) is 0 Å². The summed E-state index contributed by atoms with van der Waals surface area (Å²) in [5.41, 5.74) is 2.15. The molecule has 0 spiro atoms. The van der Waals surface area contributed by atoms with E-state index in [-0.39, 0.29) is 5.78 Å².